The zero-order valence-electron chi connectivity index (χ0n) is 21.0. The van der Waals surface area contributed by atoms with Crippen LogP contribution in [-0.2, 0) is 30.1 Å². The molecule has 0 spiro atoms. The fraction of sp³-hybridized carbons (Fsp3) is 0.250. The largest absolute Gasteiger partial charge is 0.636 e. The van der Waals surface area contributed by atoms with Crippen molar-refractivity contribution in [1.29, 1.82) is 0 Å². The van der Waals surface area contributed by atoms with Crippen LogP contribution in [0.1, 0.15) is 34.0 Å². The summed E-state index contributed by atoms with van der Waals surface area (Å²) in [6.07, 6.45) is 1.41. The maximum atomic E-state index is 12.0. The first kappa shape index (κ1) is 25.3. The number of ether oxygens (including phenoxy) is 3. The molecule has 1 aliphatic carbocycles. The third-order valence-corrected chi connectivity index (χ3v) is 6.38. The van der Waals surface area contributed by atoms with Gasteiger partial charge in [0.25, 0.3) is 0 Å². The second kappa shape index (κ2) is 11.0. The van der Waals surface area contributed by atoms with Gasteiger partial charge in [-0.15, -0.1) is 0 Å². The predicted molar refractivity (Wildman–Crippen MR) is 137 cm³/mol. The van der Waals surface area contributed by atoms with Crippen LogP contribution in [0.15, 0.2) is 66.7 Å². The summed E-state index contributed by atoms with van der Waals surface area (Å²) < 4.78 is 27.8. The van der Waals surface area contributed by atoms with Gasteiger partial charge in [0.05, 0.1) is 25.8 Å². The van der Waals surface area contributed by atoms with Crippen molar-refractivity contribution in [3.63, 3.8) is 0 Å². The van der Waals surface area contributed by atoms with Crippen LogP contribution in [0.3, 0.4) is 0 Å². The minimum Gasteiger partial charge on any atom is -0.494 e. The number of rotatable bonds is 6. The van der Waals surface area contributed by atoms with Gasteiger partial charge in [0, 0.05) is 11.0 Å². The van der Waals surface area contributed by atoms with Crippen LogP contribution in [0.4, 0.5) is 0 Å². The molecule has 1 aliphatic heterocycles. The van der Waals surface area contributed by atoms with E-state index in [2.05, 4.69) is 0 Å². The standard InChI is InChI=1S/C28H26BNO8/c1-30-16-26(31)37-29(38-27(32)17-30)19-8-12-21(13-9-19)36-25-15-14-23-22(25)4-3-5-24(23)35-20-10-6-18(7-11-20)28(33)34-2/h3-13,25H,14-17H2,1-2H3/t25-/m1/s1. The summed E-state index contributed by atoms with van der Waals surface area (Å²) in [6, 6.07) is 19.6. The Balaban J connectivity index is 1.26. The van der Waals surface area contributed by atoms with Crippen molar-refractivity contribution < 1.29 is 37.9 Å². The van der Waals surface area contributed by atoms with Crippen molar-refractivity contribution in [2.45, 2.75) is 18.9 Å². The molecule has 0 bridgehead atoms. The van der Waals surface area contributed by atoms with Gasteiger partial charge in [-0.25, -0.2) is 4.79 Å². The molecule has 0 amide bonds. The molecule has 9 nitrogen and oxygen atoms in total. The summed E-state index contributed by atoms with van der Waals surface area (Å²) in [5.74, 6) is 0.668. The Morgan fingerprint density at radius 1 is 0.921 bits per heavy atom. The number of carbonyl (C=O) groups excluding carboxylic acids is 3. The highest BCUT2D eigenvalue weighted by molar-refractivity contribution is 6.64. The highest BCUT2D eigenvalue weighted by Crippen LogP contribution is 2.40. The van der Waals surface area contributed by atoms with Crippen molar-refractivity contribution in [2.24, 2.45) is 0 Å². The van der Waals surface area contributed by atoms with Gasteiger partial charge >= 0.3 is 25.0 Å². The average molecular weight is 515 g/mol. The molecule has 1 heterocycles. The lowest BCUT2D eigenvalue weighted by Crippen LogP contribution is -2.47. The van der Waals surface area contributed by atoms with E-state index >= 15 is 0 Å². The zero-order chi connectivity index (χ0) is 26.6. The minimum atomic E-state index is -1.09. The Kier molecular flexibility index (Phi) is 7.32. The number of methoxy groups -OCH3 is 1. The van der Waals surface area contributed by atoms with Crippen LogP contribution >= 0.6 is 0 Å². The van der Waals surface area contributed by atoms with Crippen LogP contribution < -0.4 is 14.9 Å². The van der Waals surface area contributed by atoms with Crippen molar-refractivity contribution in [2.75, 3.05) is 27.2 Å². The molecule has 1 saturated heterocycles. The number of likely N-dealkylation sites (N-methyl/N-ethyl adjacent to an activating group) is 1. The number of carbonyl (C=O) groups is 3. The lowest BCUT2D eigenvalue weighted by Gasteiger charge is -2.22. The number of hydrogen-bond acceptors (Lipinski definition) is 9. The summed E-state index contributed by atoms with van der Waals surface area (Å²) in [5.41, 5.74) is 3.12. The molecule has 0 N–H and O–H groups in total. The fourth-order valence-corrected chi connectivity index (χ4v) is 4.54. The summed E-state index contributed by atoms with van der Waals surface area (Å²) in [5, 5.41) is 0. The minimum absolute atomic E-state index is 0.0123. The van der Waals surface area contributed by atoms with Crippen LogP contribution in [-0.4, -0.2) is 57.2 Å². The molecule has 38 heavy (non-hydrogen) atoms. The highest BCUT2D eigenvalue weighted by atomic mass is 16.6. The molecular weight excluding hydrogens is 489 g/mol. The van der Waals surface area contributed by atoms with Gasteiger partial charge in [-0.3, -0.25) is 14.5 Å². The summed E-state index contributed by atoms with van der Waals surface area (Å²) in [6.45, 7) is 0.0246. The average Bonchev–Trinajstić information content (AvgIpc) is 3.31. The molecule has 3 aromatic carbocycles. The fourth-order valence-electron chi connectivity index (χ4n) is 4.54. The first-order valence-electron chi connectivity index (χ1n) is 12.2. The number of benzene rings is 3. The molecule has 1 fully saturated rings. The van der Waals surface area contributed by atoms with Crippen LogP contribution in [0.25, 0.3) is 0 Å². The van der Waals surface area contributed by atoms with Crippen LogP contribution in [0.2, 0.25) is 0 Å². The number of nitrogens with zero attached hydrogens (tertiary/aromatic N) is 1. The molecule has 0 radical (unpaired) electrons. The molecular formula is C28H26BNO8. The quantitative estimate of drug-likeness (QED) is 0.362. The topological polar surface area (TPSA) is 101 Å². The summed E-state index contributed by atoms with van der Waals surface area (Å²) in [7, 11) is 1.90. The second-order valence-corrected chi connectivity index (χ2v) is 9.14. The SMILES string of the molecule is COC(=O)c1ccc(Oc2cccc3c2CC[C@H]3Oc2ccc(B3OC(=O)CN(C)CC(=O)O3)cc2)cc1. The molecule has 0 aromatic heterocycles. The van der Waals surface area contributed by atoms with E-state index in [0.717, 1.165) is 29.7 Å². The van der Waals surface area contributed by atoms with E-state index in [4.69, 9.17) is 23.5 Å². The Labute approximate surface area is 220 Å². The van der Waals surface area contributed by atoms with Crippen molar-refractivity contribution >= 4 is 30.5 Å². The first-order valence-corrected chi connectivity index (χ1v) is 12.2. The van der Waals surface area contributed by atoms with Gasteiger partial charge in [-0.05, 0) is 67.9 Å². The smallest absolute Gasteiger partial charge is 0.494 e. The van der Waals surface area contributed by atoms with E-state index in [0.29, 0.717) is 22.5 Å². The molecule has 1 atom stereocenters. The highest BCUT2D eigenvalue weighted by Gasteiger charge is 2.34. The summed E-state index contributed by atoms with van der Waals surface area (Å²) in [4.78, 5) is 37.3. The Bertz CT molecular complexity index is 1320. The normalized spacial score (nSPS) is 17.5. The second-order valence-electron chi connectivity index (χ2n) is 9.14. The molecule has 5 rings (SSSR count). The van der Waals surface area contributed by atoms with E-state index in [9.17, 15) is 14.4 Å². The van der Waals surface area contributed by atoms with Crippen LogP contribution in [0, 0.1) is 0 Å². The van der Waals surface area contributed by atoms with E-state index < -0.39 is 25.0 Å². The third kappa shape index (κ3) is 5.65. The maximum Gasteiger partial charge on any atom is 0.636 e. The van der Waals surface area contributed by atoms with Gasteiger partial charge in [0.15, 0.2) is 0 Å². The molecule has 0 unspecified atom stereocenters. The van der Waals surface area contributed by atoms with E-state index in [1.807, 2.05) is 18.2 Å². The van der Waals surface area contributed by atoms with E-state index in [1.165, 1.54) is 12.0 Å². The van der Waals surface area contributed by atoms with E-state index in [-0.39, 0.29) is 19.2 Å². The number of hydrogen-bond donors (Lipinski definition) is 0. The zero-order valence-corrected chi connectivity index (χ0v) is 21.0. The maximum absolute atomic E-state index is 12.0. The molecule has 2 aliphatic rings. The first-order chi connectivity index (χ1) is 18.4. The van der Waals surface area contributed by atoms with Gasteiger partial charge in [-0.2, -0.15) is 0 Å². The van der Waals surface area contributed by atoms with Crippen molar-refractivity contribution in [1.82, 2.24) is 4.90 Å². The van der Waals surface area contributed by atoms with Gasteiger partial charge < -0.3 is 23.5 Å². The monoisotopic (exact) mass is 515 g/mol. The molecule has 3 aromatic rings. The van der Waals surface area contributed by atoms with Gasteiger partial charge in [-0.1, -0.05) is 24.3 Å². The Hall–Kier alpha value is -4.31. The van der Waals surface area contributed by atoms with Gasteiger partial charge in [0.1, 0.15) is 23.4 Å². The molecule has 0 saturated carbocycles. The van der Waals surface area contributed by atoms with Crippen molar-refractivity contribution in [3.8, 4) is 17.2 Å². The lowest BCUT2D eigenvalue weighted by atomic mass is 9.78. The van der Waals surface area contributed by atoms with Gasteiger partial charge in [0.2, 0.25) is 0 Å². The predicted octanol–water partition coefficient (Wildman–Crippen LogP) is 3.06. The molecule has 194 valence electrons. The number of esters is 1. The van der Waals surface area contributed by atoms with E-state index in [1.54, 1.807) is 55.6 Å². The molecule has 10 heteroatoms. The Morgan fingerprint density at radius 2 is 1.58 bits per heavy atom. The van der Waals surface area contributed by atoms with Crippen LogP contribution in [0.5, 0.6) is 17.2 Å². The van der Waals surface area contributed by atoms with Crippen molar-refractivity contribution in [3.05, 3.63) is 83.4 Å². The Morgan fingerprint density at radius 3 is 2.24 bits per heavy atom. The number of fused-ring (bicyclic) bond motifs is 1. The summed E-state index contributed by atoms with van der Waals surface area (Å²) >= 11 is 0. The lowest BCUT2D eigenvalue weighted by molar-refractivity contribution is -0.145. The third-order valence-electron chi connectivity index (χ3n) is 6.38.